The van der Waals surface area contributed by atoms with Crippen LogP contribution in [0.3, 0.4) is 0 Å². The summed E-state index contributed by atoms with van der Waals surface area (Å²) in [5.74, 6) is -0.108. The zero-order chi connectivity index (χ0) is 19.4. The molecule has 5 nitrogen and oxygen atoms in total. The number of para-hydroxylation sites is 1. The fraction of sp³-hybridized carbons (Fsp3) is 0.421. The number of sulfonamides is 1. The molecule has 0 fully saturated rings. The molecular weight excluding hydrogens is 368 g/mol. The molecule has 26 heavy (non-hydrogen) atoms. The highest BCUT2D eigenvalue weighted by Gasteiger charge is 2.22. The molecule has 0 saturated carbocycles. The van der Waals surface area contributed by atoms with Gasteiger partial charge in [-0.1, -0.05) is 45.0 Å². The van der Waals surface area contributed by atoms with Gasteiger partial charge in [0.25, 0.3) is 10.0 Å². The minimum absolute atomic E-state index is 0.0706. The number of carbonyl (C=O) groups is 1. The predicted octanol–water partition coefficient (Wildman–Crippen LogP) is 4.09. The highest BCUT2D eigenvalue weighted by atomic mass is 32.2. The van der Waals surface area contributed by atoms with Gasteiger partial charge in [0.1, 0.15) is 4.21 Å². The fourth-order valence-corrected chi connectivity index (χ4v) is 5.02. The second-order valence-electron chi connectivity index (χ2n) is 7.21. The first-order chi connectivity index (χ1) is 12.1. The number of carbonyl (C=O) groups excluding carboxylic acids is 1. The van der Waals surface area contributed by atoms with Crippen LogP contribution in [0.2, 0.25) is 0 Å². The molecule has 0 spiro atoms. The Morgan fingerprint density at radius 3 is 2.46 bits per heavy atom. The summed E-state index contributed by atoms with van der Waals surface area (Å²) >= 11 is 1.19. The monoisotopic (exact) mass is 394 g/mol. The van der Waals surface area contributed by atoms with Crippen molar-refractivity contribution in [3.8, 4) is 0 Å². The highest BCUT2D eigenvalue weighted by molar-refractivity contribution is 7.91. The third-order valence-electron chi connectivity index (χ3n) is 4.05. The average Bonchev–Trinajstić information content (AvgIpc) is 3.09. The van der Waals surface area contributed by atoms with Crippen LogP contribution in [-0.4, -0.2) is 32.2 Å². The number of benzene rings is 1. The lowest BCUT2D eigenvalue weighted by atomic mass is 9.86. The van der Waals surface area contributed by atoms with Gasteiger partial charge in [0.05, 0.1) is 0 Å². The number of amides is 1. The molecule has 1 aromatic heterocycles. The molecule has 0 bridgehead atoms. The SMILES string of the molecule is CN(CCCC(=O)Nc1ccccc1C(C)(C)C)S(=O)(=O)c1cccs1. The van der Waals surface area contributed by atoms with E-state index < -0.39 is 10.0 Å². The molecule has 0 aliphatic carbocycles. The molecule has 0 atom stereocenters. The van der Waals surface area contributed by atoms with Crippen molar-refractivity contribution in [3.05, 3.63) is 47.3 Å². The van der Waals surface area contributed by atoms with Crippen LogP contribution in [0.1, 0.15) is 39.2 Å². The van der Waals surface area contributed by atoms with Gasteiger partial charge in [0, 0.05) is 25.7 Å². The van der Waals surface area contributed by atoms with Crippen LogP contribution < -0.4 is 5.32 Å². The van der Waals surface area contributed by atoms with E-state index in [0.29, 0.717) is 17.2 Å². The first kappa shape index (κ1) is 20.6. The Bertz CT molecular complexity index is 838. The minimum Gasteiger partial charge on any atom is -0.326 e. The summed E-state index contributed by atoms with van der Waals surface area (Å²) in [6.45, 7) is 6.60. The van der Waals surface area contributed by atoms with Crippen molar-refractivity contribution in [3.63, 3.8) is 0 Å². The van der Waals surface area contributed by atoms with E-state index in [9.17, 15) is 13.2 Å². The second-order valence-corrected chi connectivity index (χ2v) is 10.4. The summed E-state index contributed by atoms with van der Waals surface area (Å²) in [4.78, 5) is 12.3. The fourth-order valence-electron chi connectivity index (χ4n) is 2.61. The Labute approximate surface area is 160 Å². The third kappa shape index (κ3) is 5.16. The number of hydrogen-bond acceptors (Lipinski definition) is 4. The molecule has 1 N–H and O–H groups in total. The van der Waals surface area contributed by atoms with E-state index in [2.05, 4.69) is 26.1 Å². The minimum atomic E-state index is -3.46. The van der Waals surface area contributed by atoms with Crippen LogP contribution in [0.4, 0.5) is 5.69 Å². The van der Waals surface area contributed by atoms with E-state index in [0.717, 1.165) is 11.3 Å². The van der Waals surface area contributed by atoms with Crippen LogP contribution >= 0.6 is 11.3 Å². The number of nitrogens with zero attached hydrogens (tertiary/aromatic N) is 1. The van der Waals surface area contributed by atoms with Gasteiger partial charge in [-0.2, -0.15) is 0 Å². The molecule has 0 aliphatic heterocycles. The lowest BCUT2D eigenvalue weighted by Crippen LogP contribution is -2.28. The summed E-state index contributed by atoms with van der Waals surface area (Å²) in [6.07, 6.45) is 0.730. The number of nitrogens with one attached hydrogen (secondary N) is 1. The van der Waals surface area contributed by atoms with Gasteiger partial charge < -0.3 is 5.32 Å². The van der Waals surface area contributed by atoms with Crippen LogP contribution in [0, 0.1) is 0 Å². The second kappa shape index (κ2) is 8.33. The van der Waals surface area contributed by atoms with Crippen LogP contribution in [0.5, 0.6) is 0 Å². The van der Waals surface area contributed by atoms with Crippen LogP contribution in [0.25, 0.3) is 0 Å². The maximum Gasteiger partial charge on any atom is 0.252 e. The molecule has 2 aromatic rings. The molecule has 1 amide bonds. The zero-order valence-corrected chi connectivity index (χ0v) is 17.3. The summed E-state index contributed by atoms with van der Waals surface area (Å²) in [5, 5.41) is 4.69. The maximum absolute atomic E-state index is 12.4. The Balaban J connectivity index is 1.91. The van der Waals surface area contributed by atoms with E-state index in [1.54, 1.807) is 24.6 Å². The van der Waals surface area contributed by atoms with Crippen LogP contribution in [0.15, 0.2) is 46.0 Å². The summed E-state index contributed by atoms with van der Waals surface area (Å²) < 4.78 is 26.3. The summed E-state index contributed by atoms with van der Waals surface area (Å²) in [7, 11) is -1.91. The van der Waals surface area contributed by atoms with Crippen molar-refractivity contribution < 1.29 is 13.2 Å². The maximum atomic E-state index is 12.4. The number of rotatable bonds is 7. The lowest BCUT2D eigenvalue weighted by Gasteiger charge is -2.23. The van der Waals surface area contributed by atoms with E-state index in [4.69, 9.17) is 0 Å². The molecule has 1 heterocycles. The Hall–Kier alpha value is -1.70. The summed E-state index contributed by atoms with van der Waals surface area (Å²) in [5.41, 5.74) is 1.81. The Morgan fingerprint density at radius 2 is 1.85 bits per heavy atom. The Morgan fingerprint density at radius 1 is 1.15 bits per heavy atom. The topological polar surface area (TPSA) is 66.5 Å². The quantitative estimate of drug-likeness (QED) is 0.769. The number of thiophene rings is 1. The molecule has 142 valence electrons. The van der Waals surface area contributed by atoms with Crippen molar-refractivity contribution >= 4 is 33.0 Å². The molecule has 0 aliphatic rings. The van der Waals surface area contributed by atoms with Gasteiger partial charge in [-0.3, -0.25) is 4.79 Å². The zero-order valence-electron chi connectivity index (χ0n) is 15.7. The van der Waals surface area contributed by atoms with E-state index in [-0.39, 0.29) is 17.7 Å². The first-order valence-electron chi connectivity index (χ1n) is 8.51. The predicted molar refractivity (Wildman–Crippen MR) is 107 cm³/mol. The number of anilines is 1. The molecule has 7 heteroatoms. The third-order valence-corrected chi connectivity index (χ3v) is 7.28. The van der Waals surface area contributed by atoms with Crippen molar-refractivity contribution in [2.45, 2.75) is 43.2 Å². The van der Waals surface area contributed by atoms with Gasteiger partial charge in [-0.15, -0.1) is 11.3 Å². The van der Waals surface area contributed by atoms with E-state index >= 15 is 0 Å². The van der Waals surface area contributed by atoms with Gasteiger partial charge in [-0.05, 0) is 34.9 Å². The first-order valence-corrected chi connectivity index (χ1v) is 10.8. The van der Waals surface area contributed by atoms with Crippen LogP contribution in [-0.2, 0) is 20.2 Å². The highest BCUT2D eigenvalue weighted by Crippen LogP contribution is 2.29. The average molecular weight is 395 g/mol. The molecule has 1 aromatic carbocycles. The van der Waals surface area contributed by atoms with Crippen molar-refractivity contribution in [1.29, 1.82) is 0 Å². The summed E-state index contributed by atoms with van der Waals surface area (Å²) in [6, 6.07) is 11.1. The number of hydrogen-bond donors (Lipinski definition) is 1. The van der Waals surface area contributed by atoms with Crippen molar-refractivity contribution in [2.24, 2.45) is 0 Å². The van der Waals surface area contributed by atoms with E-state index in [1.165, 1.54) is 15.6 Å². The smallest absolute Gasteiger partial charge is 0.252 e. The normalized spacial score (nSPS) is 12.3. The van der Waals surface area contributed by atoms with E-state index in [1.807, 2.05) is 24.3 Å². The van der Waals surface area contributed by atoms with Gasteiger partial charge in [0.15, 0.2) is 0 Å². The molecule has 2 rings (SSSR count). The molecular formula is C19H26N2O3S2. The van der Waals surface area contributed by atoms with Gasteiger partial charge in [-0.25, -0.2) is 12.7 Å². The standard InChI is InChI=1S/C19H26N2O3S2/c1-19(2,3)15-9-5-6-10-16(15)20-17(22)11-7-13-21(4)26(23,24)18-12-8-14-25-18/h5-6,8-10,12,14H,7,11,13H2,1-4H3,(H,20,22). The van der Waals surface area contributed by atoms with Gasteiger partial charge in [0.2, 0.25) is 5.91 Å². The lowest BCUT2D eigenvalue weighted by molar-refractivity contribution is -0.116. The van der Waals surface area contributed by atoms with Gasteiger partial charge >= 0.3 is 0 Å². The van der Waals surface area contributed by atoms with Crippen molar-refractivity contribution in [1.82, 2.24) is 4.31 Å². The molecule has 0 saturated heterocycles. The largest absolute Gasteiger partial charge is 0.326 e. The molecule has 0 unspecified atom stereocenters. The molecule has 0 radical (unpaired) electrons. The van der Waals surface area contributed by atoms with Crippen molar-refractivity contribution in [2.75, 3.05) is 18.9 Å². The Kier molecular flexibility index (Phi) is 6.60.